The van der Waals surface area contributed by atoms with Gasteiger partial charge in [-0.25, -0.2) is 10.8 Å². The van der Waals surface area contributed by atoms with Crippen molar-refractivity contribution in [2.24, 2.45) is 5.84 Å². The van der Waals surface area contributed by atoms with Gasteiger partial charge in [-0.1, -0.05) is 0 Å². The van der Waals surface area contributed by atoms with Crippen LogP contribution < -0.4 is 16.6 Å². The molecule has 0 aliphatic carbocycles. The van der Waals surface area contributed by atoms with Crippen molar-refractivity contribution < 1.29 is 4.79 Å². The Labute approximate surface area is 117 Å². The van der Waals surface area contributed by atoms with Crippen LogP contribution in [0.25, 0.3) is 0 Å². The number of nitrogens with two attached hydrogens (primary N) is 1. The van der Waals surface area contributed by atoms with Crippen LogP contribution in [0.15, 0.2) is 18.3 Å². The number of thioether (sulfide) groups is 1. The standard InChI is InChI=1S/C12H19N5OS/c13-16-11-2-1-10(9-15-11)12(18)14-3-4-17-5-7-19-8-6-17/h1-2,9H,3-8,13H2,(H,14,18)(H,15,16). The number of amides is 1. The van der Waals surface area contributed by atoms with Crippen LogP contribution in [0.5, 0.6) is 0 Å². The van der Waals surface area contributed by atoms with Crippen molar-refractivity contribution in [2.45, 2.75) is 0 Å². The first kappa shape index (κ1) is 14.1. The smallest absolute Gasteiger partial charge is 0.252 e. The van der Waals surface area contributed by atoms with Crippen LogP contribution >= 0.6 is 11.8 Å². The summed E-state index contributed by atoms with van der Waals surface area (Å²) in [5.41, 5.74) is 2.98. The number of anilines is 1. The molecule has 1 aromatic heterocycles. The third-order valence-corrected chi connectivity index (χ3v) is 3.93. The van der Waals surface area contributed by atoms with Crippen molar-refractivity contribution in [1.29, 1.82) is 0 Å². The van der Waals surface area contributed by atoms with Crippen molar-refractivity contribution in [3.8, 4) is 0 Å². The number of nitrogen functional groups attached to an aromatic ring is 1. The normalized spacial score (nSPS) is 16.1. The molecule has 1 aromatic rings. The molecule has 0 saturated carbocycles. The van der Waals surface area contributed by atoms with Crippen LogP contribution in [0.2, 0.25) is 0 Å². The number of hydrazine groups is 1. The SMILES string of the molecule is NNc1ccc(C(=O)NCCN2CCSCC2)cn1. The Hall–Kier alpha value is -1.31. The van der Waals surface area contributed by atoms with Gasteiger partial charge in [-0.3, -0.25) is 9.69 Å². The molecule has 2 heterocycles. The van der Waals surface area contributed by atoms with Crippen molar-refractivity contribution in [3.63, 3.8) is 0 Å². The zero-order valence-electron chi connectivity index (χ0n) is 10.8. The maximum atomic E-state index is 11.9. The fourth-order valence-corrected chi connectivity index (χ4v) is 2.85. The van der Waals surface area contributed by atoms with Gasteiger partial charge in [0.25, 0.3) is 5.91 Å². The van der Waals surface area contributed by atoms with Gasteiger partial charge in [0.1, 0.15) is 5.82 Å². The number of carbonyl (C=O) groups excluding carboxylic acids is 1. The molecule has 1 aliphatic heterocycles. The van der Waals surface area contributed by atoms with Crippen LogP contribution in [-0.2, 0) is 0 Å². The highest BCUT2D eigenvalue weighted by Gasteiger charge is 2.11. The molecule has 1 fully saturated rings. The average molecular weight is 281 g/mol. The molecule has 0 bridgehead atoms. The van der Waals surface area contributed by atoms with E-state index in [1.54, 1.807) is 12.1 Å². The van der Waals surface area contributed by atoms with E-state index in [0.29, 0.717) is 17.9 Å². The van der Waals surface area contributed by atoms with Gasteiger partial charge in [0.2, 0.25) is 0 Å². The molecule has 7 heteroatoms. The molecule has 2 rings (SSSR count). The minimum Gasteiger partial charge on any atom is -0.351 e. The second-order valence-corrected chi connectivity index (χ2v) is 5.51. The zero-order chi connectivity index (χ0) is 13.5. The summed E-state index contributed by atoms with van der Waals surface area (Å²) in [6.45, 7) is 3.79. The summed E-state index contributed by atoms with van der Waals surface area (Å²) in [6, 6.07) is 3.38. The van der Waals surface area contributed by atoms with Gasteiger partial charge >= 0.3 is 0 Å². The third-order valence-electron chi connectivity index (χ3n) is 2.99. The van der Waals surface area contributed by atoms with Gasteiger partial charge < -0.3 is 10.7 Å². The topological polar surface area (TPSA) is 83.3 Å². The van der Waals surface area contributed by atoms with E-state index < -0.39 is 0 Å². The van der Waals surface area contributed by atoms with Gasteiger partial charge in [-0.2, -0.15) is 11.8 Å². The Morgan fingerprint density at radius 3 is 2.84 bits per heavy atom. The van der Waals surface area contributed by atoms with E-state index in [0.717, 1.165) is 19.6 Å². The number of nitrogens with one attached hydrogen (secondary N) is 2. The highest BCUT2D eigenvalue weighted by atomic mass is 32.2. The number of hydrogen-bond donors (Lipinski definition) is 3. The van der Waals surface area contributed by atoms with Gasteiger partial charge in [-0.15, -0.1) is 0 Å². The van der Waals surface area contributed by atoms with Gasteiger partial charge in [-0.05, 0) is 12.1 Å². The fraction of sp³-hybridized carbons (Fsp3) is 0.500. The lowest BCUT2D eigenvalue weighted by molar-refractivity contribution is 0.0948. The Bertz CT molecular complexity index is 405. The molecule has 0 aromatic carbocycles. The van der Waals surface area contributed by atoms with E-state index in [4.69, 9.17) is 5.84 Å². The average Bonchev–Trinajstić information content (AvgIpc) is 2.48. The molecule has 0 unspecified atom stereocenters. The quantitative estimate of drug-likeness (QED) is 0.526. The van der Waals surface area contributed by atoms with Crippen LogP contribution in [0.4, 0.5) is 5.82 Å². The van der Waals surface area contributed by atoms with E-state index in [9.17, 15) is 4.79 Å². The highest BCUT2D eigenvalue weighted by Crippen LogP contribution is 2.08. The number of aromatic nitrogens is 1. The van der Waals surface area contributed by atoms with Crippen molar-refractivity contribution >= 4 is 23.5 Å². The molecular weight excluding hydrogens is 262 g/mol. The van der Waals surface area contributed by atoms with Crippen molar-refractivity contribution in [2.75, 3.05) is 43.1 Å². The zero-order valence-corrected chi connectivity index (χ0v) is 11.6. The van der Waals surface area contributed by atoms with E-state index in [2.05, 4.69) is 20.6 Å². The maximum Gasteiger partial charge on any atom is 0.252 e. The van der Waals surface area contributed by atoms with Crippen LogP contribution in [-0.4, -0.2) is 53.5 Å². The molecular formula is C12H19N5OS. The Morgan fingerprint density at radius 1 is 1.42 bits per heavy atom. The summed E-state index contributed by atoms with van der Waals surface area (Å²) in [6.07, 6.45) is 1.52. The van der Waals surface area contributed by atoms with Crippen LogP contribution in [0, 0.1) is 0 Å². The summed E-state index contributed by atoms with van der Waals surface area (Å²) in [7, 11) is 0. The number of carbonyl (C=O) groups is 1. The van der Waals surface area contributed by atoms with E-state index in [-0.39, 0.29) is 5.91 Å². The maximum absolute atomic E-state index is 11.9. The second-order valence-electron chi connectivity index (χ2n) is 4.29. The van der Waals surface area contributed by atoms with Gasteiger partial charge in [0.05, 0.1) is 5.56 Å². The lowest BCUT2D eigenvalue weighted by atomic mass is 10.2. The van der Waals surface area contributed by atoms with Gasteiger partial charge in [0.15, 0.2) is 0 Å². The molecule has 0 atom stereocenters. The van der Waals surface area contributed by atoms with E-state index in [1.807, 2.05) is 11.8 Å². The molecule has 1 saturated heterocycles. The first-order chi connectivity index (χ1) is 9.29. The number of pyridine rings is 1. The predicted molar refractivity (Wildman–Crippen MR) is 78.1 cm³/mol. The van der Waals surface area contributed by atoms with Crippen LogP contribution in [0.3, 0.4) is 0 Å². The summed E-state index contributed by atoms with van der Waals surface area (Å²) < 4.78 is 0. The van der Waals surface area contributed by atoms with Crippen LogP contribution in [0.1, 0.15) is 10.4 Å². The molecule has 4 N–H and O–H groups in total. The molecule has 1 aliphatic rings. The lowest BCUT2D eigenvalue weighted by Gasteiger charge is -2.25. The monoisotopic (exact) mass is 281 g/mol. The molecule has 0 spiro atoms. The Balaban J connectivity index is 1.73. The fourth-order valence-electron chi connectivity index (χ4n) is 1.87. The summed E-state index contributed by atoms with van der Waals surface area (Å²) in [5.74, 6) is 8.04. The first-order valence-electron chi connectivity index (χ1n) is 6.30. The lowest BCUT2D eigenvalue weighted by Crippen LogP contribution is -2.39. The molecule has 0 radical (unpaired) electrons. The predicted octanol–water partition coefficient (Wildman–Crippen LogP) is 0.146. The molecule has 104 valence electrons. The van der Waals surface area contributed by atoms with Crippen molar-refractivity contribution in [3.05, 3.63) is 23.9 Å². The summed E-state index contributed by atoms with van der Waals surface area (Å²) in [5, 5.41) is 2.90. The molecule has 1 amide bonds. The number of nitrogens with zero attached hydrogens (tertiary/aromatic N) is 2. The molecule has 19 heavy (non-hydrogen) atoms. The van der Waals surface area contributed by atoms with Crippen molar-refractivity contribution in [1.82, 2.24) is 15.2 Å². The van der Waals surface area contributed by atoms with E-state index in [1.165, 1.54) is 17.7 Å². The Morgan fingerprint density at radius 2 is 2.21 bits per heavy atom. The molecule has 6 nitrogen and oxygen atoms in total. The van der Waals surface area contributed by atoms with Gasteiger partial charge in [0, 0.05) is 43.9 Å². The highest BCUT2D eigenvalue weighted by molar-refractivity contribution is 7.99. The number of hydrogen-bond acceptors (Lipinski definition) is 6. The summed E-state index contributed by atoms with van der Waals surface area (Å²) >= 11 is 1.99. The van der Waals surface area contributed by atoms with E-state index >= 15 is 0 Å². The Kier molecular flexibility index (Phi) is 5.44. The third kappa shape index (κ3) is 4.38. The number of rotatable bonds is 5. The minimum atomic E-state index is -0.0949. The first-order valence-corrected chi connectivity index (χ1v) is 7.46. The minimum absolute atomic E-state index is 0.0949. The second kappa shape index (κ2) is 7.32. The summed E-state index contributed by atoms with van der Waals surface area (Å²) in [4.78, 5) is 18.2. The largest absolute Gasteiger partial charge is 0.351 e.